The van der Waals surface area contributed by atoms with Gasteiger partial charge in [0.1, 0.15) is 5.82 Å². The molecule has 194 valence electrons. The Labute approximate surface area is 222 Å². The summed E-state index contributed by atoms with van der Waals surface area (Å²) in [7, 11) is 0. The summed E-state index contributed by atoms with van der Waals surface area (Å²) in [6.07, 6.45) is 6.71. The lowest BCUT2D eigenvalue weighted by molar-refractivity contribution is -0.110. The number of nitrogens with zero attached hydrogens (tertiary/aromatic N) is 2. The number of amides is 1. The lowest BCUT2D eigenvalue weighted by Crippen LogP contribution is -2.42. The third-order valence-electron chi connectivity index (χ3n) is 6.84. The van der Waals surface area contributed by atoms with Crippen molar-refractivity contribution >= 4 is 44.6 Å². The lowest BCUT2D eigenvalue weighted by atomic mass is 9.89. The summed E-state index contributed by atoms with van der Waals surface area (Å²) in [5.41, 5.74) is 3.65. The molecule has 4 rings (SSSR count). The number of carbonyl (C=O) groups excluding carboxylic acids is 1. The standard InChI is InChI=1S/C26H32BrN5O2.C2H6/c1-4-32(20-7-5-19(6-8-20)30-15-33)24-13-18(27)12-22-21(24)9-10-28-25(22)29-14-23-16(2)11-17(3)31-26(23)34;1-2/h9-13,15,19-20H,4-8,14H2,1-3H3,(H,28,29)(H,30,33)(H,31,34);1-2H3. The smallest absolute Gasteiger partial charge is 0.253 e. The van der Waals surface area contributed by atoms with Crippen molar-refractivity contribution in [3.8, 4) is 0 Å². The van der Waals surface area contributed by atoms with Gasteiger partial charge in [-0.15, -0.1) is 0 Å². The summed E-state index contributed by atoms with van der Waals surface area (Å²) in [5, 5.41) is 8.49. The Hall–Kier alpha value is -2.87. The van der Waals surface area contributed by atoms with Crippen molar-refractivity contribution < 1.29 is 4.79 Å². The summed E-state index contributed by atoms with van der Waals surface area (Å²) in [6.45, 7) is 11.3. The van der Waals surface area contributed by atoms with Crippen LogP contribution in [0.25, 0.3) is 10.8 Å². The lowest BCUT2D eigenvalue weighted by Gasteiger charge is -2.38. The van der Waals surface area contributed by atoms with Gasteiger partial charge < -0.3 is 20.5 Å². The Morgan fingerprint density at radius 2 is 1.86 bits per heavy atom. The van der Waals surface area contributed by atoms with Gasteiger partial charge in [0.15, 0.2) is 0 Å². The summed E-state index contributed by atoms with van der Waals surface area (Å²) in [4.78, 5) is 33.3. The molecule has 3 N–H and O–H groups in total. The first-order chi connectivity index (χ1) is 17.4. The molecule has 1 amide bonds. The molecule has 8 heteroatoms. The Kier molecular flexibility index (Phi) is 9.93. The number of aromatic nitrogens is 2. The van der Waals surface area contributed by atoms with Crippen molar-refractivity contribution in [3.05, 3.63) is 62.1 Å². The van der Waals surface area contributed by atoms with Crippen molar-refractivity contribution in [2.45, 2.75) is 78.9 Å². The maximum absolute atomic E-state index is 12.5. The molecule has 1 saturated carbocycles. The Bertz CT molecular complexity index is 1230. The molecular formula is C28H38BrN5O2. The zero-order valence-corrected chi connectivity index (χ0v) is 23.5. The summed E-state index contributed by atoms with van der Waals surface area (Å²) in [6, 6.07) is 9.02. The topological polar surface area (TPSA) is 90.1 Å². The van der Waals surface area contributed by atoms with Gasteiger partial charge in [-0.2, -0.15) is 0 Å². The number of carbonyl (C=O) groups is 1. The van der Waals surface area contributed by atoms with Gasteiger partial charge in [-0.25, -0.2) is 4.98 Å². The highest BCUT2D eigenvalue weighted by Crippen LogP contribution is 2.37. The third kappa shape index (κ3) is 6.27. The molecule has 1 fully saturated rings. The molecule has 0 aliphatic heterocycles. The first-order valence-electron chi connectivity index (χ1n) is 12.9. The fourth-order valence-corrected chi connectivity index (χ4v) is 5.60. The molecule has 36 heavy (non-hydrogen) atoms. The molecule has 0 bridgehead atoms. The largest absolute Gasteiger partial charge is 0.368 e. The first-order valence-corrected chi connectivity index (χ1v) is 13.7. The van der Waals surface area contributed by atoms with Gasteiger partial charge in [0.05, 0.1) is 0 Å². The minimum Gasteiger partial charge on any atom is -0.368 e. The van der Waals surface area contributed by atoms with Gasteiger partial charge in [-0.3, -0.25) is 9.59 Å². The van der Waals surface area contributed by atoms with Gasteiger partial charge in [0.2, 0.25) is 6.41 Å². The number of H-pyrrole nitrogens is 1. The van der Waals surface area contributed by atoms with Gasteiger partial charge in [0.25, 0.3) is 5.56 Å². The zero-order chi connectivity index (χ0) is 26.2. The number of aryl methyl sites for hydroxylation is 2. The fourth-order valence-electron chi connectivity index (χ4n) is 5.16. The van der Waals surface area contributed by atoms with Crippen LogP contribution in [0, 0.1) is 13.8 Å². The van der Waals surface area contributed by atoms with E-state index in [1.165, 1.54) is 5.69 Å². The van der Waals surface area contributed by atoms with E-state index in [-0.39, 0.29) is 11.6 Å². The molecule has 3 aromatic rings. The van der Waals surface area contributed by atoms with Crippen LogP contribution in [0.3, 0.4) is 0 Å². The second-order valence-electron chi connectivity index (χ2n) is 9.05. The number of anilines is 2. The normalized spacial score (nSPS) is 17.2. The van der Waals surface area contributed by atoms with E-state index < -0.39 is 0 Å². The molecule has 1 aromatic carbocycles. The quantitative estimate of drug-likeness (QED) is 0.304. The first kappa shape index (κ1) is 27.7. The maximum atomic E-state index is 12.5. The second-order valence-corrected chi connectivity index (χ2v) is 9.97. The number of fused-ring (bicyclic) bond motifs is 1. The van der Waals surface area contributed by atoms with Crippen molar-refractivity contribution in [1.29, 1.82) is 0 Å². The molecule has 1 aliphatic carbocycles. The number of pyridine rings is 2. The minimum absolute atomic E-state index is 0.0658. The highest BCUT2D eigenvalue weighted by atomic mass is 79.9. The SMILES string of the molecule is CC.CCN(c1cc(Br)cc2c(NCc3c(C)cc(C)[nH]c3=O)nccc12)C1CCC(NC=O)CC1. The molecule has 2 heterocycles. The highest BCUT2D eigenvalue weighted by molar-refractivity contribution is 9.10. The van der Waals surface area contributed by atoms with E-state index in [2.05, 4.69) is 66.6 Å². The summed E-state index contributed by atoms with van der Waals surface area (Å²) >= 11 is 3.71. The van der Waals surface area contributed by atoms with Gasteiger partial charge in [-0.1, -0.05) is 29.8 Å². The number of aromatic amines is 1. The average Bonchev–Trinajstić information content (AvgIpc) is 2.86. The monoisotopic (exact) mass is 555 g/mol. The predicted octanol–water partition coefficient (Wildman–Crippen LogP) is 5.82. The number of hydrogen-bond acceptors (Lipinski definition) is 5. The molecule has 0 unspecified atom stereocenters. The second kappa shape index (κ2) is 12.9. The number of nitrogens with one attached hydrogen (secondary N) is 3. The number of halogens is 1. The van der Waals surface area contributed by atoms with Crippen LogP contribution in [0.5, 0.6) is 0 Å². The number of hydrogen-bond donors (Lipinski definition) is 3. The van der Waals surface area contributed by atoms with Gasteiger partial charge in [-0.05, 0) is 76.3 Å². The van der Waals surface area contributed by atoms with Gasteiger partial charge in [0, 0.05) is 63.6 Å². The van der Waals surface area contributed by atoms with Crippen LogP contribution >= 0.6 is 15.9 Å². The van der Waals surface area contributed by atoms with E-state index in [4.69, 9.17) is 0 Å². The third-order valence-corrected chi connectivity index (χ3v) is 7.30. The van der Waals surface area contributed by atoms with Crippen LogP contribution in [-0.2, 0) is 11.3 Å². The molecule has 7 nitrogen and oxygen atoms in total. The van der Waals surface area contributed by atoms with E-state index in [1.807, 2.05) is 40.0 Å². The van der Waals surface area contributed by atoms with E-state index in [0.29, 0.717) is 12.6 Å². The van der Waals surface area contributed by atoms with Crippen LogP contribution in [0.15, 0.2) is 39.7 Å². The molecule has 0 radical (unpaired) electrons. The van der Waals surface area contributed by atoms with Crippen LogP contribution in [0.4, 0.5) is 11.5 Å². The Morgan fingerprint density at radius 1 is 1.14 bits per heavy atom. The maximum Gasteiger partial charge on any atom is 0.253 e. The van der Waals surface area contributed by atoms with E-state index in [0.717, 1.165) is 76.5 Å². The minimum atomic E-state index is -0.0658. The predicted molar refractivity (Wildman–Crippen MR) is 153 cm³/mol. The summed E-state index contributed by atoms with van der Waals surface area (Å²) in [5.74, 6) is 0.759. The van der Waals surface area contributed by atoms with Crippen LogP contribution in [-0.4, -0.2) is 35.0 Å². The molecule has 0 saturated heterocycles. The molecule has 1 aliphatic rings. The molecule has 0 spiro atoms. The van der Waals surface area contributed by atoms with Crippen molar-refractivity contribution in [2.75, 3.05) is 16.8 Å². The average molecular weight is 557 g/mol. The highest BCUT2D eigenvalue weighted by Gasteiger charge is 2.26. The number of benzene rings is 1. The summed E-state index contributed by atoms with van der Waals surface area (Å²) < 4.78 is 0.991. The Morgan fingerprint density at radius 3 is 2.50 bits per heavy atom. The zero-order valence-electron chi connectivity index (χ0n) is 22.0. The van der Waals surface area contributed by atoms with Crippen LogP contribution < -0.4 is 21.1 Å². The molecular weight excluding hydrogens is 518 g/mol. The van der Waals surface area contributed by atoms with E-state index in [1.54, 1.807) is 0 Å². The fraction of sp³-hybridized carbons (Fsp3) is 0.464. The Balaban J connectivity index is 0.00000176. The molecule has 0 atom stereocenters. The van der Waals surface area contributed by atoms with Crippen molar-refractivity contribution in [1.82, 2.24) is 15.3 Å². The van der Waals surface area contributed by atoms with Gasteiger partial charge >= 0.3 is 0 Å². The van der Waals surface area contributed by atoms with Crippen molar-refractivity contribution in [3.63, 3.8) is 0 Å². The van der Waals surface area contributed by atoms with Crippen molar-refractivity contribution in [2.24, 2.45) is 0 Å². The molecule has 2 aromatic heterocycles. The number of rotatable bonds is 8. The van der Waals surface area contributed by atoms with E-state index >= 15 is 0 Å². The van der Waals surface area contributed by atoms with E-state index in [9.17, 15) is 9.59 Å². The van der Waals surface area contributed by atoms with Crippen LogP contribution in [0.1, 0.15) is 63.3 Å². The van der Waals surface area contributed by atoms with Crippen LogP contribution in [0.2, 0.25) is 0 Å².